The molecule has 0 aliphatic carbocycles. The van der Waals surface area contributed by atoms with Gasteiger partial charge in [0.1, 0.15) is 0 Å². The summed E-state index contributed by atoms with van der Waals surface area (Å²) in [6.45, 7) is 3.83. The fourth-order valence-electron chi connectivity index (χ4n) is 3.43. The topological polar surface area (TPSA) is 102 Å². The highest BCUT2D eigenvalue weighted by Gasteiger charge is 2.23. The Morgan fingerprint density at radius 2 is 2.07 bits per heavy atom. The standard InChI is InChI=1S/C19H24N4O3S/c20-19(24)17-5-2-6-22(12-17)11-15-4-1-3-14(7-15)9-21-10-16-8-18(23(25)26)27-13-16/h1,3-4,7-8,13,17,21H,2,5-6,9-12H2,(H2,20,24). The first-order valence-corrected chi connectivity index (χ1v) is 9.91. The van der Waals surface area contributed by atoms with Gasteiger partial charge in [0.15, 0.2) is 0 Å². The number of nitrogens with one attached hydrogen (secondary N) is 1. The van der Waals surface area contributed by atoms with E-state index in [9.17, 15) is 14.9 Å². The lowest BCUT2D eigenvalue weighted by Crippen LogP contribution is -2.40. The normalized spacial score (nSPS) is 17.7. The highest BCUT2D eigenvalue weighted by Crippen LogP contribution is 2.22. The zero-order chi connectivity index (χ0) is 19.2. The van der Waals surface area contributed by atoms with Crippen LogP contribution in [-0.4, -0.2) is 28.8 Å². The number of nitro groups is 1. The van der Waals surface area contributed by atoms with E-state index in [1.165, 1.54) is 11.1 Å². The SMILES string of the molecule is NC(=O)C1CCCN(Cc2cccc(CNCc3csc([N+](=O)[O-])c3)c2)C1. The number of primary amides is 1. The fraction of sp³-hybridized carbons (Fsp3) is 0.421. The van der Waals surface area contributed by atoms with Crippen molar-refractivity contribution in [2.45, 2.75) is 32.5 Å². The smallest absolute Gasteiger partial charge is 0.324 e. The van der Waals surface area contributed by atoms with Crippen LogP contribution in [-0.2, 0) is 24.4 Å². The second-order valence-electron chi connectivity index (χ2n) is 6.95. The van der Waals surface area contributed by atoms with Crippen LogP contribution in [0, 0.1) is 16.0 Å². The molecule has 1 aromatic carbocycles. The Morgan fingerprint density at radius 3 is 2.81 bits per heavy atom. The molecule has 3 rings (SSSR count). The molecule has 0 radical (unpaired) electrons. The van der Waals surface area contributed by atoms with E-state index in [1.807, 2.05) is 11.4 Å². The third-order valence-electron chi connectivity index (χ3n) is 4.78. The first-order valence-electron chi connectivity index (χ1n) is 9.03. The minimum Gasteiger partial charge on any atom is -0.369 e. The molecule has 0 spiro atoms. The average Bonchev–Trinajstić information content (AvgIpc) is 3.11. The number of rotatable bonds is 8. The number of likely N-dealkylation sites (tertiary alicyclic amines) is 1. The van der Waals surface area contributed by atoms with Crippen molar-refractivity contribution in [1.82, 2.24) is 10.2 Å². The minimum absolute atomic E-state index is 0.0433. The maximum absolute atomic E-state index is 11.4. The van der Waals surface area contributed by atoms with Crippen molar-refractivity contribution in [2.24, 2.45) is 11.7 Å². The van der Waals surface area contributed by atoms with E-state index < -0.39 is 0 Å². The number of piperidine rings is 1. The van der Waals surface area contributed by atoms with Crippen LogP contribution in [0.3, 0.4) is 0 Å². The Kier molecular flexibility index (Phi) is 6.54. The number of hydrogen-bond donors (Lipinski definition) is 2. The first kappa shape index (κ1) is 19.5. The molecule has 1 aromatic heterocycles. The molecular formula is C19H24N4O3S. The molecule has 0 bridgehead atoms. The summed E-state index contributed by atoms with van der Waals surface area (Å²) in [5, 5.41) is 16.0. The molecule has 7 nitrogen and oxygen atoms in total. The quantitative estimate of drug-likeness (QED) is 0.535. The van der Waals surface area contributed by atoms with Crippen LogP contribution in [0.5, 0.6) is 0 Å². The van der Waals surface area contributed by atoms with Gasteiger partial charge in [0.05, 0.1) is 10.8 Å². The lowest BCUT2D eigenvalue weighted by molar-refractivity contribution is -0.380. The number of carbonyl (C=O) groups is 1. The summed E-state index contributed by atoms with van der Waals surface area (Å²) in [6, 6.07) is 9.97. The van der Waals surface area contributed by atoms with E-state index in [0.29, 0.717) is 13.1 Å². The van der Waals surface area contributed by atoms with Crippen molar-refractivity contribution in [2.75, 3.05) is 13.1 Å². The van der Waals surface area contributed by atoms with Crippen molar-refractivity contribution >= 4 is 22.2 Å². The maximum Gasteiger partial charge on any atom is 0.324 e. The third kappa shape index (κ3) is 5.59. The predicted molar refractivity (Wildman–Crippen MR) is 105 cm³/mol. The third-order valence-corrected chi connectivity index (χ3v) is 5.71. The van der Waals surface area contributed by atoms with Gasteiger partial charge >= 0.3 is 5.00 Å². The molecule has 144 valence electrons. The molecule has 1 fully saturated rings. The number of hydrogen-bond acceptors (Lipinski definition) is 6. The molecule has 1 aliphatic rings. The Hall–Kier alpha value is -2.29. The van der Waals surface area contributed by atoms with Gasteiger partial charge < -0.3 is 11.1 Å². The number of thiophene rings is 1. The summed E-state index contributed by atoms with van der Waals surface area (Å²) in [4.78, 5) is 24.1. The first-order chi connectivity index (χ1) is 13.0. The van der Waals surface area contributed by atoms with Crippen molar-refractivity contribution < 1.29 is 9.72 Å². The molecule has 1 amide bonds. The Balaban J connectivity index is 1.51. The van der Waals surface area contributed by atoms with Gasteiger partial charge in [-0.3, -0.25) is 19.8 Å². The predicted octanol–water partition coefficient (Wildman–Crippen LogP) is 2.64. The van der Waals surface area contributed by atoms with Gasteiger partial charge in [-0.2, -0.15) is 0 Å². The molecule has 8 heteroatoms. The van der Waals surface area contributed by atoms with E-state index in [-0.39, 0.29) is 21.7 Å². The van der Waals surface area contributed by atoms with Crippen LogP contribution in [0.15, 0.2) is 35.7 Å². The van der Waals surface area contributed by atoms with Crippen LogP contribution in [0.25, 0.3) is 0 Å². The van der Waals surface area contributed by atoms with Gasteiger partial charge in [0.2, 0.25) is 5.91 Å². The largest absolute Gasteiger partial charge is 0.369 e. The Morgan fingerprint density at radius 1 is 1.30 bits per heavy atom. The molecular weight excluding hydrogens is 364 g/mol. The van der Waals surface area contributed by atoms with E-state index in [2.05, 4.69) is 28.4 Å². The van der Waals surface area contributed by atoms with Crippen LogP contribution in [0.4, 0.5) is 5.00 Å². The average molecular weight is 388 g/mol. The van der Waals surface area contributed by atoms with Crippen molar-refractivity contribution in [3.63, 3.8) is 0 Å². The van der Waals surface area contributed by atoms with Gasteiger partial charge in [0.25, 0.3) is 0 Å². The zero-order valence-corrected chi connectivity index (χ0v) is 15.9. The fourth-order valence-corrected chi connectivity index (χ4v) is 4.16. The highest BCUT2D eigenvalue weighted by molar-refractivity contribution is 7.13. The molecule has 1 unspecified atom stereocenters. The molecule has 3 N–H and O–H groups in total. The number of carbonyl (C=O) groups excluding carboxylic acids is 1. The van der Waals surface area contributed by atoms with Crippen LogP contribution in [0.1, 0.15) is 29.5 Å². The molecule has 1 saturated heterocycles. The molecule has 27 heavy (non-hydrogen) atoms. The van der Waals surface area contributed by atoms with Crippen molar-refractivity contribution in [1.29, 1.82) is 0 Å². The van der Waals surface area contributed by atoms with Crippen molar-refractivity contribution in [3.8, 4) is 0 Å². The lowest BCUT2D eigenvalue weighted by atomic mass is 9.97. The summed E-state index contributed by atoms with van der Waals surface area (Å²) < 4.78 is 0. The maximum atomic E-state index is 11.4. The second kappa shape index (κ2) is 9.07. The summed E-state index contributed by atoms with van der Waals surface area (Å²) in [5.41, 5.74) is 8.76. The highest BCUT2D eigenvalue weighted by atomic mass is 32.1. The van der Waals surface area contributed by atoms with Crippen molar-refractivity contribution in [3.05, 3.63) is 62.5 Å². The number of nitrogens with two attached hydrogens (primary N) is 1. The van der Waals surface area contributed by atoms with Gasteiger partial charge in [-0.15, -0.1) is 0 Å². The van der Waals surface area contributed by atoms with Gasteiger partial charge in [-0.1, -0.05) is 35.6 Å². The number of nitrogens with zero attached hydrogens (tertiary/aromatic N) is 2. The molecule has 1 aliphatic heterocycles. The lowest BCUT2D eigenvalue weighted by Gasteiger charge is -2.31. The number of benzene rings is 1. The van der Waals surface area contributed by atoms with Crippen LogP contribution >= 0.6 is 11.3 Å². The van der Waals surface area contributed by atoms with Gasteiger partial charge in [-0.05, 0) is 36.1 Å². The summed E-state index contributed by atoms with van der Waals surface area (Å²) in [5.74, 6) is -0.246. The van der Waals surface area contributed by atoms with E-state index in [1.54, 1.807) is 6.07 Å². The van der Waals surface area contributed by atoms with Gasteiger partial charge in [-0.25, -0.2) is 0 Å². The van der Waals surface area contributed by atoms with E-state index in [4.69, 9.17) is 5.73 Å². The summed E-state index contributed by atoms with van der Waals surface area (Å²) >= 11 is 1.15. The molecule has 2 heterocycles. The molecule has 0 saturated carbocycles. The van der Waals surface area contributed by atoms with Gasteiger partial charge in [0, 0.05) is 37.6 Å². The van der Waals surface area contributed by atoms with Crippen LogP contribution < -0.4 is 11.1 Å². The molecule has 1 atom stereocenters. The van der Waals surface area contributed by atoms with Crippen LogP contribution in [0.2, 0.25) is 0 Å². The molecule has 2 aromatic rings. The van der Waals surface area contributed by atoms with E-state index >= 15 is 0 Å². The van der Waals surface area contributed by atoms with E-state index in [0.717, 1.165) is 49.4 Å². The number of amides is 1. The Labute approximate surface area is 162 Å². The second-order valence-corrected chi connectivity index (χ2v) is 7.84. The summed E-state index contributed by atoms with van der Waals surface area (Å²) in [7, 11) is 0. The minimum atomic E-state index is -0.360. The zero-order valence-electron chi connectivity index (χ0n) is 15.1. The Bertz CT molecular complexity index is 808. The monoisotopic (exact) mass is 388 g/mol. The summed E-state index contributed by atoms with van der Waals surface area (Å²) in [6.07, 6.45) is 1.89.